The SMILES string of the molecule is O=C(O)[C@@H]1C2CCC(CC2)[C@H]1Nc1nc(-c2c[nH]c3ncc(F)cc23)ccc1F. The van der Waals surface area contributed by atoms with Gasteiger partial charge in [0.05, 0.1) is 17.8 Å². The molecule has 6 rings (SSSR count). The molecule has 29 heavy (non-hydrogen) atoms. The molecule has 0 spiro atoms. The number of aromatic nitrogens is 3. The fourth-order valence-electron chi connectivity index (χ4n) is 5.05. The molecule has 150 valence electrons. The lowest BCUT2D eigenvalue weighted by molar-refractivity contribution is -0.148. The lowest BCUT2D eigenvalue weighted by atomic mass is 9.61. The van der Waals surface area contributed by atoms with Gasteiger partial charge in [-0.25, -0.2) is 18.7 Å². The number of carboxylic acid groups (broad SMARTS) is 1. The summed E-state index contributed by atoms with van der Waals surface area (Å²) in [6, 6.07) is 3.83. The van der Waals surface area contributed by atoms with Crippen molar-refractivity contribution in [2.45, 2.75) is 31.7 Å². The molecule has 2 bridgehead atoms. The van der Waals surface area contributed by atoms with Gasteiger partial charge in [0.15, 0.2) is 11.6 Å². The number of hydrogen-bond acceptors (Lipinski definition) is 4. The van der Waals surface area contributed by atoms with Gasteiger partial charge in [-0.3, -0.25) is 4.79 Å². The van der Waals surface area contributed by atoms with Gasteiger partial charge in [0.1, 0.15) is 11.5 Å². The van der Waals surface area contributed by atoms with E-state index in [0.29, 0.717) is 22.3 Å². The predicted octanol–water partition coefficient (Wildman–Crippen LogP) is 4.20. The summed E-state index contributed by atoms with van der Waals surface area (Å²) in [5.74, 6) is -2.05. The first-order valence-electron chi connectivity index (χ1n) is 9.80. The third kappa shape index (κ3) is 3.03. The molecule has 3 aromatic rings. The minimum Gasteiger partial charge on any atom is -0.481 e. The quantitative estimate of drug-likeness (QED) is 0.613. The Morgan fingerprint density at radius 3 is 2.69 bits per heavy atom. The first kappa shape index (κ1) is 18.0. The monoisotopic (exact) mass is 398 g/mol. The largest absolute Gasteiger partial charge is 0.481 e. The third-order valence-corrected chi connectivity index (χ3v) is 6.43. The van der Waals surface area contributed by atoms with E-state index in [1.54, 1.807) is 6.20 Å². The maximum absolute atomic E-state index is 14.6. The molecule has 3 N–H and O–H groups in total. The molecule has 3 aliphatic rings. The molecular weight excluding hydrogens is 378 g/mol. The van der Waals surface area contributed by atoms with E-state index < -0.39 is 23.5 Å². The first-order valence-corrected chi connectivity index (χ1v) is 9.80. The number of nitrogens with one attached hydrogen (secondary N) is 2. The molecule has 0 saturated heterocycles. The van der Waals surface area contributed by atoms with Gasteiger partial charge in [0.25, 0.3) is 0 Å². The fraction of sp³-hybridized carbons (Fsp3) is 0.381. The molecule has 3 heterocycles. The number of carboxylic acids is 1. The second-order valence-electron chi connectivity index (χ2n) is 7.99. The normalized spacial score (nSPS) is 26.0. The van der Waals surface area contributed by atoms with Crippen molar-refractivity contribution < 1.29 is 18.7 Å². The maximum atomic E-state index is 14.6. The third-order valence-electron chi connectivity index (χ3n) is 6.43. The Bertz CT molecular complexity index is 1090. The second kappa shape index (κ2) is 6.79. The molecular formula is C21H20F2N4O2. The van der Waals surface area contributed by atoms with Crippen molar-refractivity contribution in [1.82, 2.24) is 15.0 Å². The lowest BCUT2D eigenvalue weighted by Gasteiger charge is -2.47. The highest BCUT2D eigenvalue weighted by atomic mass is 19.1. The molecule has 8 heteroatoms. The predicted molar refractivity (Wildman–Crippen MR) is 103 cm³/mol. The van der Waals surface area contributed by atoms with Crippen LogP contribution in [0.2, 0.25) is 0 Å². The molecule has 0 aromatic carbocycles. The number of anilines is 1. The smallest absolute Gasteiger partial charge is 0.308 e. The van der Waals surface area contributed by atoms with Crippen LogP contribution in [0.3, 0.4) is 0 Å². The van der Waals surface area contributed by atoms with Crippen LogP contribution in [-0.4, -0.2) is 32.1 Å². The van der Waals surface area contributed by atoms with E-state index in [4.69, 9.17) is 0 Å². The fourth-order valence-corrected chi connectivity index (χ4v) is 5.05. The van der Waals surface area contributed by atoms with E-state index in [9.17, 15) is 18.7 Å². The van der Waals surface area contributed by atoms with E-state index in [1.165, 1.54) is 18.2 Å². The number of fused-ring (bicyclic) bond motifs is 4. The van der Waals surface area contributed by atoms with Gasteiger partial charge in [-0.05, 0) is 55.7 Å². The zero-order valence-electron chi connectivity index (χ0n) is 15.5. The van der Waals surface area contributed by atoms with Crippen LogP contribution >= 0.6 is 0 Å². The first-order chi connectivity index (χ1) is 14.0. The Morgan fingerprint density at radius 2 is 1.93 bits per heavy atom. The number of aliphatic carboxylic acids is 1. The number of pyridine rings is 2. The minimum absolute atomic E-state index is 0.0324. The van der Waals surface area contributed by atoms with E-state index in [2.05, 4.69) is 20.3 Å². The van der Waals surface area contributed by atoms with E-state index in [1.807, 2.05) is 0 Å². The number of halogens is 2. The van der Waals surface area contributed by atoms with Crippen molar-refractivity contribution in [3.05, 3.63) is 42.2 Å². The Kier molecular flexibility index (Phi) is 4.22. The summed E-state index contributed by atoms with van der Waals surface area (Å²) in [6.45, 7) is 0. The molecule has 3 aliphatic carbocycles. The van der Waals surface area contributed by atoms with Gasteiger partial charge >= 0.3 is 5.97 Å². The number of aromatic amines is 1. The molecule has 0 amide bonds. The standard InChI is InChI=1S/C21H20F2N4O2/c22-12-7-13-14(9-25-19(13)24-8-12)16-6-5-15(23)20(26-16)27-18-11-3-1-10(2-4-11)17(18)21(28)29/h5-11,17-18H,1-4H2,(H,24,25)(H,26,27)(H,28,29)/t10?,11?,17-,18-/m1/s1. The zero-order chi connectivity index (χ0) is 20.1. The average molecular weight is 398 g/mol. The van der Waals surface area contributed by atoms with Crippen molar-refractivity contribution in [1.29, 1.82) is 0 Å². The van der Waals surface area contributed by atoms with Crippen LogP contribution in [0.25, 0.3) is 22.3 Å². The zero-order valence-corrected chi connectivity index (χ0v) is 15.5. The Balaban J connectivity index is 1.51. The number of nitrogens with zero attached hydrogens (tertiary/aromatic N) is 2. The Labute approximate surface area is 165 Å². The van der Waals surface area contributed by atoms with Crippen LogP contribution in [0.1, 0.15) is 25.7 Å². The lowest BCUT2D eigenvalue weighted by Crippen LogP contribution is -2.51. The molecule has 3 fully saturated rings. The summed E-state index contributed by atoms with van der Waals surface area (Å²) in [6.07, 6.45) is 6.48. The van der Waals surface area contributed by atoms with Gasteiger partial charge in [-0.1, -0.05) is 0 Å². The van der Waals surface area contributed by atoms with Crippen LogP contribution in [0.4, 0.5) is 14.6 Å². The second-order valence-corrected chi connectivity index (χ2v) is 7.99. The van der Waals surface area contributed by atoms with Crippen molar-refractivity contribution in [3.63, 3.8) is 0 Å². The van der Waals surface area contributed by atoms with Crippen LogP contribution in [0.5, 0.6) is 0 Å². The summed E-state index contributed by atoms with van der Waals surface area (Å²) in [5, 5.41) is 13.4. The number of rotatable bonds is 4. The summed E-state index contributed by atoms with van der Waals surface area (Å²) < 4.78 is 28.2. The Hall–Kier alpha value is -3.03. The molecule has 6 nitrogen and oxygen atoms in total. The van der Waals surface area contributed by atoms with E-state index in [0.717, 1.165) is 31.9 Å². The van der Waals surface area contributed by atoms with Crippen LogP contribution < -0.4 is 5.32 Å². The highest BCUT2D eigenvalue weighted by molar-refractivity contribution is 5.92. The van der Waals surface area contributed by atoms with Crippen LogP contribution in [0, 0.1) is 29.4 Å². The summed E-state index contributed by atoms with van der Waals surface area (Å²) in [4.78, 5) is 23.2. The van der Waals surface area contributed by atoms with Crippen molar-refractivity contribution >= 4 is 22.8 Å². The van der Waals surface area contributed by atoms with Gasteiger partial charge in [-0.15, -0.1) is 0 Å². The molecule has 0 unspecified atom stereocenters. The van der Waals surface area contributed by atoms with E-state index in [-0.39, 0.29) is 23.7 Å². The van der Waals surface area contributed by atoms with Gasteiger partial charge < -0.3 is 15.4 Å². The summed E-state index contributed by atoms with van der Waals surface area (Å²) >= 11 is 0. The van der Waals surface area contributed by atoms with Gasteiger partial charge in [-0.2, -0.15) is 0 Å². The highest BCUT2D eigenvalue weighted by Gasteiger charge is 2.47. The number of carbonyl (C=O) groups is 1. The van der Waals surface area contributed by atoms with Crippen molar-refractivity contribution in [2.75, 3.05) is 5.32 Å². The van der Waals surface area contributed by atoms with Crippen LogP contribution in [-0.2, 0) is 4.79 Å². The van der Waals surface area contributed by atoms with Gasteiger partial charge in [0.2, 0.25) is 0 Å². The molecule has 3 aromatic heterocycles. The Morgan fingerprint density at radius 1 is 1.17 bits per heavy atom. The van der Waals surface area contributed by atoms with Crippen molar-refractivity contribution in [2.24, 2.45) is 17.8 Å². The molecule has 0 aliphatic heterocycles. The summed E-state index contributed by atoms with van der Waals surface area (Å²) in [5.41, 5.74) is 1.58. The van der Waals surface area contributed by atoms with Crippen LogP contribution in [0.15, 0.2) is 30.6 Å². The maximum Gasteiger partial charge on any atom is 0.308 e. The topological polar surface area (TPSA) is 90.9 Å². The highest BCUT2D eigenvalue weighted by Crippen LogP contribution is 2.46. The van der Waals surface area contributed by atoms with Crippen molar-refractivity contribution in [3.8, 4) is 11.3 Å². The molecule has 3 saturated carbocycles. The number of H-pyrrole nitrogens is 1. The summed E-state index contributed by atoms with van der Waals surface area (Å²) in [7, 11) is 0. The molecule has 2 atom stereocenters. The van der Waals surface area contributed by atoms with Gasteiger partial charge in [0, 0.05) is 23.2 Å². The van der Waals surface area contributed by atoms with E-state index >= 15 is 0 Å². The average Bonchev–Trinajstić information content (AvgIpc) is 3.13. The number of hydrogen-bond donors (Lipinski definition) is 3. The molecule has 0 radical (unpaired) electrons. The minimum atomic E-state index is -0.841.